The van der Waals surface area contributed by atoms with Gasteiger partial charge in [-0.3, -0.25) is 0 Å². The van der Waals surface area contributed by atoms with Crippen molar-refractivity contribution in [1.29, 1.82) is 0 Å². The van der Waals surface area contributed by atoms with Crippen molar-refractivity contribution < 1.29 is 144 Å². The highest BCUT2D eigenvalue weighted by molar-refractivity contribution is 5.29. The van der Waals surface area contributed by atoms with E-state index >= 15 is 0 Å². The molecule has 17 N–H and O–H groups in total. The van der Waals surface area contributed by atoms with Gasteiger partial charge in [-0.05, 0) is 81.6 Å². The first kappa shape index (κ1) is 64.7. The maximum absolute atomic E-state index is 12.7. The van der Waals surface area contributed by atoms with Gasteiger partial charge in [0.25, 0.3) is 0 Å². The van der Waals surface area contributed by atoms with E-state index in [1.54, 1.807) is 6.92 Å². The quantitative estimate of drug-likeness (QED) is 0.0763. The summed E-state index contributed by atoms with van der Waals surface area (Å²) >= 11 is 0. The van der Waals surface area contributed by atoms with Crippen molar-refractivity contribution in [2.24, 2.45) is 40.4 Å². The Hall–Kier alpha value is -1.84. The second-order valence-electron chi connectivity index (χ2n) is 26.2. The fourth-order valence-electron chi connectivity index (χ4n) is 16.5. The average Bonchev–Trinajstić information content (AvgIpc) is 1.91. The molecule has 0 amide bonds. The van der Waals surface area contributed by atoms with Crippen molar-refractivity contribution in [2.75, 3.05) is 26.4 Å². The van der Waals surface area contributed by atoms with E-state index in [0.717, 1.165) is 5.57 Å². The summed E-state index contributed by atoms with van der Waals surface area (Å²) in [4.78, 5) is 0. The highest BCUT2D eigenvalue weighted by atomic mass is 16.8. The molecule has 7 aliphatic heterocycles. The fraction of sp³-hybridized carbons (Fsp3) is 0.929. The molecule has 0 radical (unpaired) electrons. The Bertz CT molecular complexity index is 2370. The Kier molecular flexibility index (Phi) is 18.8. The molecule has 0 aromatic carbocycles. The third-order valence-electron chi connectivity index (χ3n) is 21.4. The molecular formula is C56H88O29. The molecule has 4 aliphatic carbocycles. The van der Waals surface area contributed by atoms with Gasteiger partial charge in [0, 0.05) is 17.8 Å². The number of ether oxygens (including phenoxy) is 12. The van der Waals surface area contributed by atoms with Gasteiger partial charge in [0.2, 0.25) is 5.79 Å². The average molecular weight is 1230 g/mol. The van der Waals surface area contributed by atoms with Crippen molar-refractivity contribution in [3.8, 4) is 0 Å². The third-order valence-corrected chi connectivity index (χ3v) is 21.4. The topological polar surface area (TPSA) is 455 Å². The molecule has 29 nitrogen and oxygen atoms in total. The van der Waals surface area contributed by atoms with Gasteiger partial charge in [0.15, 0.2) is 31.5 Å². The molecule has 11 rings (SSSR count). The predicted octanol–water partition coefficient (Wildman–Crippen LogP) is -6.32. The Morgan fingerprint density at radius 1 is 0.600 bits per heavy atom. The van der Waals surface area contributed by atoms with Gasteiger partial charge in [-0.1, -0.05) is 25.5 Å². The highest BCUT2D eigenvalue weighted by Gasteiger charge is 2.74. The van der Waals surface area contributed by atoms with E-state index in [2.05, 4.69) is 13.0 Å². The first-order chi connectivity index (χ1) is 40.2. The maximum Gasteiger partial charge on any atom is 0.244 e. The van der Waals surface area contributed by atoms with Crippen LogP contribution in [-0.4, -0.2) is 297 Å². The largest absolute Gasteiger partial charge is 0.467 e. The van der Waals surface area contributed by atoms with E-state index in [0.29, 0.717) is 31.3 Å². The third kappa shape index (κ3) is 10.9. The van der Waals surface area contributed by atoms with Gasteiger partial charge in [0.05, 0.1) is 69.1 Å². The van der Waals surface area contributed by atoms with Crippen LogP contribution in [0.15, 0.2) is 23.5 Å². The second-order valence-corrected chi connectivity index (χ2v) is 26.2. The molecule has 0 aromatic heterocycles. The summed E-state index contributed by atoms with van der Waals surface area (Å²) in [7, 11) is 0. The van der Waals surface area contributed by atoms with Gasteiger partial charge in [0.1, 0.15) is 116 Å². The number of hydrogen-bond donors (Lipinski definition) is 17. The lowest BCUT2D eigenvalue weighted by Gasteiger charge is -2.61. The molecule has 29 heteroatoms. The molecule has 0 bridgehead atoms. The van der Waals surface area contributed by atoms with Crippen LogP contribution in [0.2, 0.25) is 0 Å². The van der Waals surface area contributed by atoms with Crippen molar-refractivity contribution in [1.82, 2.24) is 0 Å². The minimum Gasteiger partial charge on any atom is -0.467 e. The van der Waals surface area contributed by atoms with Gasteiger partial charge in [-0.25, -0.2) is 0 Å². The van der Waals surface area contributed by atoms with E-state index in [-0.39, 0.29) is 37.2 Å². The Balaban J connectivity index is 0.902. The lowest BCUT2D eigenvalue weighted by molar-refractivity contribution is -0.393. The highest BCUT2D eigenvalue weighted by Crippen LogP contribution is 2.71. The Labute approximate surface area is 489 Å². The van der Waals surface area contributed by atoms with E-state index < -0.39 is 226 Å². The number of allylic oxidation sites excluding steroid dienone is 1. The monoisotopic (exact) mass is 1220 g/mol. The summed E-state index contributed by atoms with van der Waals surface area (Å²) in [6, 6.07) is 0. The molecule has 0 aromatic rings. The van der Waals surface area contributed by atoms with Crippen LogP contribution in [0, 0.1) is 40.4 Å². The van der Waals surface area contributed by atoms with Gasteiger partial charge in [-0.2, -0.15) is 0 Å². The van der Waals surface area contributed by atoms with Crippen molar-refractivity contribution in [3.63, 3.8) is 0 Å². The molecule has 37 unspecified atom stereocenters. The summed E-state index contributed by atoms with van der Waals surface area (Å²) < 4.78 is 75.2. The van der Waals surface area contributed by atoms with Crippen LogP contribution >= 0.6 is 0 Å². The number of rotatable bonds is 13. The summed E-state index contributed by atoms with van der Waals surface area (Å²) in [5, 5.41) is 186. The molecule has 1 spiro atoms. The molecule has 11 aliphatic rings. The van der Waals surface area contributed by atoms with E-state index in [1.807, 2.05) is 6.92 Å². The molecule has 486 valence electrons. The summed E-state index contributed by atoms with van der Waals surface area (Å²) in [6.07, 6.45) is -38.4. The van der Waals surface area contributed by atoms with Crippen LogP contribution in [0.3, 0.4) is 0 Å². The Morgan fingerprint density at radius 3 is 1.85 bits per heavy atom. The van der Waals surface area contributed by atoms with Crippen LogP contribution < -0.4 is 0 Å². The van der Waals surface area contributed by atoms with Crippen LogP contribution in [-0.2, 0) is 56.8 Å². The normalized spacial score (nSPS) is 57.0. The summed E-state index contributed by atoms with van der Waals surface area (Å²) in [5.41, 5.74) is -0.309. The number of aliphatic hydroxyl groups is 17. The molecule has 85 heavy (non-hydrogen) atoms. The number of aliphatic hydroxyl groups excluding tert-OH is 17. The van der Waals surface area contributed by atoms with Crippen molar-refractivity contribution >= 4 is 0 Å². The van der Waals surface area contributed by atoms with Crippen molar-refractivity contribution in [2.45, 2.75) is 257 Å². The predicted molar refractivity (Wildman–Crippen MR) is 277 cm³/mol. The number of hydrogen-bond acceptors (Lipinski definition) is 29. The second kappa shape index (κ2) is 24.7. The molecule has 9 fully saturated rings. The van der Waals surface area contributed by atoms with Gasteiger partial charge in [-0.15, -0.1) is 0 Å². The Morgan fingerprint density at radius 2 is 1.19 bits per heavy atom. The SMILES string of the molecule is CC1=COC2(OC3CC4C5CC=C6CC(O)CC(OC7OC(CO)C(O)C(OC8OCC(O)C(O)C8O)C7OC7OC(C)C(O)C(O)C7O)C6(C)C5CCC4(C)C3C2COC2OC(CO)C(O)C(O)C2O)C(O)C1OC1OC(C)C(O)C(O)C1O. The summed E-state index contributed by atoms with van der Waals surface area (Å²) in [6.45, 7) is 6.32. The van der Waals surface area contributed by atoms with Gasteiger partial charge < -0.3 is 144 Å². The van der Waals surface area contributed by atoms with Gasteiger partial charge >= 0.3 is 0 Å². The first-order valence-electron chi connectivity index (χ1n) is 29.8. The molecule has 3 saturated carbocycles. The molecule has 37 atom stereocenters. The van der Waals surface area contributed by atoms with Crippen LogP contribution in [0.4, 0.5) is 0 Å². The zero-order valence-corrected chi connectivity index (χ0v) is 47.9. The minimum atomic E-state index is -1.97. The van der Waals surface area contributed by atoms with Crippen LogP contribution in [0.1, 0.15) is 73.1 Å². The lowest BCUT2D eigenvalue weighted by Crippen LogP contribution is -2.67. The summed E-state index contributed by atoms with van der Waals surface area (Å²) in [5.74, 6) is -3.85. The number of fused-ring (bicyclic) bond motifs is 7. The zero-order chi connectivity index (χ0) is 61.3. The molecule has 6 saturated heterocycles. The van der Waals surface area contributed by atoms with E-state index in [1.165, 1.54) is 20.1 Å². The maximum atomic E-state index is 12.7. The van der Waals surface area contributed by atoms with E-state index in [9.17, 15) is 86.8 Å². The molecule has 7 heterocycles. The van der Waals surface area contributed by atoms with Crippen LogP contribution in [0.5, 0.6) is 0 Å². The molecular weight excluding hydrogens is 1140 g/mol. The minimum absolute atomic E-state index is 0.0312. The lowest BCUT2D eigenvalue weighted by atomic mass is 9.46. The first-order valence-corrected chi connectivity index (χ1v) is 29.8. The fourth-order valence-corrected chi connectivity index (χ4v) is 16.5. The zero-order valence-electron chi connectivity index (χ0n) is 47.9. The van der Waals surface area contributed by atoms with E-state index in [4.69, 9.17) is 56.8 Å². The van der Waals surface area contributed by atoms with Crippen molar-refractivity contribution in [3.05, 3.63) is 23.5 Å². The smallest absolute Gasteiger partial charge is 0.244 e. The van der Waals surface area contributed by atoms with Crippen LogP contribution in [0.25, 0.3) is 0 Å². The standard InChI is InChI=1S/C56H88O29/c1-18-15-76-56(48(73)45(18)82-51-43(71)38(66)33(61)19(2)77-51)26(16-74-49-42(70)40(68)36(64)29(13-57)79-49)32-28(85-56)12-25-23-7-6-21-10-22(59)11-31(55(21,5)24(23)8-9-54(25,32)4)81-53-47(84-52-44(72)39(67)34(62)20(3)78-52)46(37(65)30(14-58)80-53)83-50-41(69)35(63)27(60)17-75-50/h6,15,19-20,22-53,57-73H,7-14,16-17H2,1-5H3.